The molecule has 4 aromatic carbocycles. The number of fused-ring (bicyclic) bond motifs is 5. The number of imide groups is 1. The minimum absolute atomic E-state index is 0.126. The SMILES string of the molecule is O=C1CCC(N2Cc3c(NC4CCN(CCNC(=O)c5ccc(NC(=O)[C@@H]6NC7(CCCCC7)[C@]78C(=O)Nc9cc(Cl)c(cc97)-c7c(Cl)cccc7[C@@H]68)cc5)CC4)cccc3C2=O)C(=O)N1. The van der Waals surface area contributed by atoms with Gasteiger partial charge in [0.2, 0.25) is 23.6 Å². The second-order valence-electron chi connectivity index (χ2n) is 18.9. The Kier molecular flexibility index (Phi) is 10.7. The molecule has 66 heavy (non-hydrogen) atoms. The summed E-state index contributed by atoms with van der Waals surface area (Å²) in [5, 5.41) is 20.2. The predicted molar refractivity (Wildman–Crippen MR) is 251 cm³/mol. The van der Waals surface area contributed by atoms with E-state index in [0.29, 0.717) is 58.6 Å². The van der Waals surface area contributed by atoms with E-state index in [9.17, 15) is 28.8 Å². The van der Waals surface area contributed by atoms with Gasteiger partial charge in [0, 0.05) is 107 Å². The van der Waals surface area contributed by atoms with Gasteiger partial charge in [-0.1, -0.05) is 60.7 Å². The maximum absolute atomic E-state index is 14.7. The first kappa shape index (κ1) is 42.8. The molecule has 6 amide bonds. The molecule has 5 aliphatic heterocycles. The number of hydrogen-bond donors (Lipinski definition) is 6. The molecule has 11 rings (SSSR count). The summed E-state index contributed by atoms with van der Waals surface area (Å²) in [5.41, 5.74) is 5.47. The van der Waals surface area contributed by atoms with Crippen molar-refractivity contribution in [1.82, 2.24) is 25.8 Å². The summed E-state index contributed by atoms with van der Waals surface area (Å²) in [6.07, 6.45) is 6.69. The summed E-state index contributed by atoms with van der Waals surface area (Å²) in [6, 6.07) is 20.8. The first-order chi connectivity index (χ1) is 32.0. The number of carbonyl (C=O) groups excluding carboxylic acids is 6. The molecule has 1 saturated carbocycles. The van der Waals surface area contributed by atoms with E-state index in [-0.39, 0.29) is 42.0 Å². The highest BCUT2D eigenvalue weighted by molar-refractivity contribution is 6.37. The van der Waals surface area contributed by atoms with Crippen LogP contribution in [-0.2, 0) is 31.1 Å². The fourth-order valence-electron chi connectivity index (χ4n) is 12.4. The lowest BCUT2D eigenvalue weighted by Crippen LogP contribution is -2.60. The van der Waals surface area contributed by atoms with Gasteiger partial charge in [-0.3, -0.25) is 39.4 Å². The number of nitrogens with zero attached hydrogens (tertiary/aromatic N) is 2. The monoisotopic (exact) mass is 928 g/mol. The zero-order valence-electron chi connectivity index (χ0n) is 36.2. The Morgan fingerprint density at radius 3 is 2.38 bits per heavy atom. The third-order valence-corrected chi connectivity index (χ3v) is 16.0. The minimum Gasteiger partial charge on any atom is -0.382 e. The van der Waals surface area contributed by atoms with Gasteiger partial charge in [-0.25, -0.2) is 0 Å². The Hall–Kier alpha value is -5.80. The van der Waals surface area contributed by atoms with Crippen molar-refractivity contribution in [2.24, 2.45) is 0 Å². The van der Waals surface area contributed by atoms with Gasteiger partial charge in [0.1, 0.15) is 11.5 Å². The normalized spacial score (nSPS) is 25.1. The van der Waals surface area contributed by atoms with Gasteiger partial charge in [-0.05, 0) is 97.8 Å². The van der Waals surface area contributed by atoms with Crippen LogP contribution in [0.15, 0.2) is 72.8 Å². The number of amides is 6. The largest absolute Gasteiger partial charge is 0.382 e. The number of anilines is 3. The van der Waals surface area contributed by atoms with Gasteiger partial charge in [0.05, 0.1) is 11.1 Å². The van der Waals surface area contributed by atoms with Gasteiger partial charge in [-0.2, -0.15) is 0 Å². The lowest BCUT2D eigenvalue weighted by molar-refractivity contribution is -0.137. The summed E-state index contributed by atoms with van der Waals surface area (Å²) in [4.78, 5) is 84.1. The standard InChI is InChI=1S/C50H50Cl2N8O6/c51-35-8-4-7-31-41(35)32-24-34-38(25-36(32)52)56-48(66)50(34)42(31)43(58-49(50)18-2-1-3-19-49)46(64)55-28-12-10-27(11-13-28)44(62)53-20-23-59-21-16-29(17-22-59)54-37-9-5-6-30-33(37)26-60(47(30)65)39-14-15-40(61)57-45(39)63/h4-13,24-25,29,39,42-43,54,58H,1-3,14-23,26H2,(H,53,62)(H,55,64)(H,56,66)(H,57,61,63)/t39?,42-,43+,50+/m0/s1. The van der Waals surface area contributed by atoms with E-state index in [1.807, 2.05) is 42.5 Å². The van der Waals surface area contributed by atoms with Crippen LogP contribution >= 0.6 is 23.2 Å². The van der Waals surface area contributed by atoms with E-state index in [1.54, 1.807) is 35.2 Å². The van der Waals surface area contributed by atoms with Crippen molar-refractivity contribution in [2.75, 3.05) is 42.1 Å². The van der Waals surface area contributed by atoms with Gasteiger partial charge < -0.3 is 31.1 Å². The van der Waals surface area contributed by atoms with E-state index >= 15 is 0 Å². The van der Waals surface area contributed by atoms with E-state index in [4.69, 9.17) is 23.2 Å². The zero-order chi connectivity index (χ0) is 45.5. The van der Waals surface area contributed by atoms with Crippen molar-refractivity contribution >= 4 is 75.7 Å². The molecule has 2 spiro atoms. The molecular weight excluding hydrogens is 880 g/mol. The zero-order valence-corrected chi connectivity index (χ0v) is 37.7. The average Bonchev–Trinajstić information content (AvgIpc) is 3.87. The van der Waals surface area contributed by atoms with Gasteiger partial charge in [0.25, 0.3) is 11.8 Å². The lowest BCUT2D eigenvalue weighted by Gasteiger charge is -2.46. The van der Waals surface area contributed by atoms with Crippen LogP contribution in [0, 0.1) is 0 Å². The first-order valence-electron chi connectivity index (χ1n) is 23.1. The predicted octanol–water partition coefficient (Wildman–Crippen LogP) is 6.33. The topological polar surface area (TPSA) is 181 Å². The number of halogens is 2. The van der Waals surface area contributed by atoms with Crippen molar-refractivity contribution in [2.45, 2.75) is 99.3 Å². The molecule has 5 heterocycles. The molecule has 340 valence electrons. The highest BCUT2D eigenvalue weighted by Crippen LogP contribution is 2.66. The van der Waals surface area contributed by atoms with Crippen molar-refractivity contribution < 1.29 is 28.8 Å². The molecule has 2 aliphatic carbocycles. The molecule has 0 aromatic heterocycles. The van der Waals surface area contributed by atoms with Crippen LogP contribution in [0.5, 0.6) is 0 Å². The second kappa shape index (κ2) is 16.5. The van der Waals surface area contributed by atoms with Crippen LogP contribution in [-0.4, -0.2) is 95.1 Å². The van der Waals surface area contributed by atoms with Crippen molar-refractivity contribution in [3.05, 3.63) is 111 Å². The summed E-state index contributed by atoms with van der Waals surface area (Å²) in [6.45, 7) is 3.14. The third kappa shape index (κ3) is 6.81. The van der Waals surface area contributed by atoms with Crippen LogP contribution in [0.1, 0.15) is 101 Å². The fraction of sp³-hybridized carbons (Fsp3) is 0.400. The molecule has 7 aliphatic rings. The van der Waals surface area contributed by atoms with Crippen LogP contribution in [0.4, 0.5) is 17.1 Å². The molecule has 0 radical (unpaired) electrons. The van der Waals surface area contributed by atoms with Crippen molar-refractivity contribution in [3.63, 3.8) is 0 Å². The Morgan fingerprint density at radius 1 is 0.833 bits per heavy atom. The summed E-state index contributed by atoms with van der Waals surface area (Å²) < 4.78 is 0. The average molecular weight is 930 g/mol. The third-order valence-electron chi connectivity index (χ3n) is 15.4. The summed E-state index contributed by atoms with van der Waals surface area (Å²) in [7, 11) is 0. The highest BCUT2D eigenvalue weighted by atomic mass is 35.5. The highest BCUT2D eigenvalue weighted by Gasteiger charge is 2.73. The lowest BCUT2D eigenvalue weighted by atomic mass is 9.56. The fourth-order valence-corrected chi connectivity index (χ4v) is 12.9. The van der Waals surface area contributed by atoms with Crippen LogP contribution in [0.2, 0.25) is 10.0 Å². The minimum atomic E-state index is -1.06. The Morgan fingerprint density at radius 2 is 1.61 bits per heavy atom. The maximum Gasteiger partial charge on any atom is 0.255 e. The number of nitrogens with one attached hydrogen (secondary N) is 6. The summed E-state index contributed by atoms with van der Waals surface area (Å²) in [5.74, 6) is -2.11. The van der Waals surface area contributed by atoms with Crippen molar-refractivity contribution in [1.29, 1.82) is 0 Å². The Labute approximate surface area is 391 Å². The molecule has 4 fully saturated rings. The van der Waals surface area contributed by atoms with Gasteiger partial charge in [0.15, 0.2) is 0 Å². The van der Waals surface area contributed by atoms with Crippen LogP contribution < -0.4 is 31.9 Å². The van der Waals surface area contributed by atoms with E-state index < -0.39 is 34.9 Å². The molecule has 2 bridgehead atoms. The van der Waals surface area contributed by atoms with E-state index in [0.717, 1.165) is 91.5 Å². The number of benzene rings is 4. The van der Waals surface area contributed by atoms with E-state index in [1.165, 1.54) is 0 Å². The molecule has 4 atom stereocenters. The van der Waals surface area contributed by atoms with Crippen LogP contribution in [0.25, 0.3) is 11.1 Å². The molecule has 6 N–H and O–H groups in total. The summed E-state index contributed by atoms with van der Waals surface area (Å²) >= 11 is 13.8. The van der Waals surface area contributed by atoms with Crippen LogP contribution in [0.3, 0.4) is 0 Å². The second-order valence-corrected chi connectivity index (χ2v) is 19.7. The number of hydrogen-bond acceptors (Lipinski definition) is 9. The smallest absolute Gasteiger partial charge is 0.255 e. The van der Waals surface area contributed by atoms with Gasteiger partial charge in [-0.15, -0.1) is 0 Å². The number of likely N-dealkylation sites (tertiary alicyclic amines) is 1. The van der Waals surface area contributed by atoms with Crippen molar-refractivity contribution in [3.8, 4) is 11.1 Å². The molecule has 4 aromatic rings. The van der Waals surface area contributed by atoms with E-state index in [2.05, 4.69) is 36.8 Å². The molecule has 14 nitrogen and oxygen atoms in total. The number of carbonyl (C=O) groups is 6. The molecular formula is C50H50Cl2N8O6. The Balaban J connectivity index is 0.712. The first-order valence-corrected chi connectivity index (χ1v) is 23.9. The maximum atomic E-state index is 14.7. The quantitative estimate of drug-likeness (QED) is 0.105. The number of piperidine rings is 2. The molecule has 1 unspecified atom stereocenters. The van der Waals surface area contributed by atoms with Gasteiger partial charge >= 0.3 is 0 Å². The Bertz CT molecular complexity index is 2730. The number of rotatable bonds is 9. The molecule has 16 heteroatoms. The molecule has 3 saturated heterocycles.